The van der Waals surface area contributed by atoms with Gasteiger partial charge in [-0.05, 0) is 47.9 Å². The summed E-state index contributed by atoms with van der Waals surface area (Å²) < 4.78 is 20.2. The summed E-state index contributed by atoms with van der Waals surface area (Å²) >= 11 is 1.11. The molecule has 4 rings (SSSR count). The Morgan fingerprint density at radius 1 is 1.10 bits per heavy atom. The van der Waals surface area contributed by atoms with Gasteiger partial charge in [-0.2, -0.15) is 14.6 Å². The molecule has 0 aliphatic carbocycles. The van der Waals surface area contributed by atoms with E-state index < -0.39 is 5.56 Å². The highest BCUT2D eigenvalue weighted by molar-refractivity contribution is 7.15. The number of ether oxygens (including phenoxy) is 1. The van der Waals surface area contributed by atoms with Gasteiger partial charge in [0.15, 0.2) is 0 Å². The Bertz CT molecular complexity index is 1350. The molecular formula is C22H18FN3O3S. The van der Waals surface area contributed by atoms with Crippen LogP contribution in [-0.4, -0.2) is 21.2 Å². The van der Waals surface area contributed by atoms with Gasteiger partial charge in [0.2, 0.25) is 4.96 Å². The fourth-order valence-electron chi connectivity index (χ4n) is 2.88. The third-order valence-electron chi connectivity index (χ3n) is 4.39. The van der Waals surface area contributed by atoms with E-state index in [1.54, 1.807) is 18.2 Å². The minimum absolute atomic E-state index is 0.137. The summed E-state index contributed by atoms with van der Waals surface area (Å²) in [7, 11) is 0. The van der Waals surface area contributed by atoms with Crippen molar-refractivity contribution in [2.45, 2.75) is 19.8 Å². The van der Waals surface area contributed by atoms with Crippen molar-refractivity contribution < 1.29 is 9.13 Å². The first-order chi connectivity index (χ1) is 14.5. The Morgan fingerprint density at radius 2 is 1.83 bits per heavy atom. The summed E-state index contributed by atoms with van der Waals surface area (Å²) in [4.78, 5) is 29.3. The third-order valence-corrected chi connectivity index (χ3v) is 5.35. The number of nitrogens with zero attached hydrogens (tertiary/aromatic N) is 3. The number of hydrogen-bond acceptors (Lipinski definition) is 6. The Morgan fingerprint density at radius 3 is 2.53 bits per heavy atom. The zero-order valence-corrected chi connectivity index (χ0v) is 17.0. The van der Waals surface area contributed by atoms with Crippen molar-refractivity contribution in [3.63, 3.8) is 0 Å². The third kappa shape index (κ3) is 4.28. The van der Waals surface area contributed by atoms with E-state index in [-0.39, 0.29) is 28.5 Å². The lowest BCUT2D eigenvalue weighted by molar-refractivity contribution is 0.317. The molecule has 2 heterocycles. The fraction of sp³-hybridized carbons (Fsp3) is 0.182. The molecule has 0 bridgehead atoms. The summed E-state index contributed by atoms with van der Waals surface area (Å²) in [5, 5.41) is 4.21. The van der Waals surface area contributed by atoms with Gasteiger partial charge >= 0.3 is 0 Å². The summed E-state index contributed by atoms with van der Waals surface area (Å²) in [6.45, 7) is 2.69. The molecule has 0 unspecified atom stereocenters. The first-order valence-corrected chi connectivity index (χ1v) is 10.3. The highest BCUT2D eigenvalue weighted by Gasteiger charge is 2.12. The zero-order chi connectivity index (χ0) is 21.1. The van der Waals surface area contributed by atoms with Crippen LogP contribution in [0.2, 0.25) is 0 Å². The Labute approximate surface area is 174 Å². The molecule has 0 saturated carbocycles. The van der Waals surface area contributed by atoms with Gasteiger partial charge in [-0.25, -0.2) is 4.39 Å². The lowest BCUT2D eigenvalue weighted by Crippen LogP contribution is -2.28. The van der Waals surface area contributed by atoms with E-state index in [0.717, 1.165) is 33.6 Å². The zero-order valence-electron chi connectivity index (χ0n) is 16.2. The molecule has 6 nitrogen and oxygen atoms in total. The molecule has 8 heteroatoms. The molecule has 0 spiro atoms. The van der Waals surface area contributed by atoms with Gasteiger partial charge in [-0.3, -0.25) is 9.59 Å². The molecule has 0 aliphatic rings. The largest absolute Gasteiger partial charge is 0.494 e. The van der Waals surface area contributed by atoms with Crippen LogP contribution >= 0.6 is 11.3 Å². The molecule has 0 amide bonds. The molecule has 2 aromatic heterocycles. The van der Waals surface area contributed by atoms with Crippen LogP contribution in [0.1, 0.15) is 30.2 Å². The highest BCUT2D eigenvalue weighted by atomic mass is 32.1. The van der Waals surface area contributed by atoms with Gasteiger partial charge < -0.3 is 4.74 Å². The van der Waals surface area contributed by atoms with Gasteiger partial charge in [0, 0.05) is 6.42 Å². The maximum absolute atomic E-state index is 13.1. The molecule has 4 aromatic rings. The molecule has 0 saturated heterocycles. The van der Waals surface area contributed by atoms with Crippen LogP contribution in [0.4, 0.5) is 4.39 Å². The maximum Gasteiger partial charge on any atom is 0.296 e. The second kappa shape index (κ2) is 8.54. The van der Waals surface area contributed by atoms with Crippen molar-refractivity contribution >= 4 is 22.4 Å². The second-order valence-corrected chi connectivity index (χ2v) is 7.70. The van der Waals surface area contributed by atoms with Crippen LogP contribution in [0.3, 0.4) is 0 Å². The number of fused-ring (bicyclic) bond motifs is 1. The van der Waals surface area contributed by atoms with Gasteiger partial charge in [0.05, 0.1) is 11.1 Å². The number of benzene rings is 2. The average Bonchev–Trinajstić information content (AvgIpc) is 3.04. The van der Waals surface area contributed by atoms with E-state index in [1.807, 2.05) is 31.2 Å². The average molecular weight is 423 g/mol. The molecule has 152 valence electrons. The molecular weight excluding hydrogens is 405 g/mol. The maximum atomic E-state index is 13.1. The minimum Gasteiger partial charge on any atom is -0.494 e. The van der Waals surface area contributed by atoms with Gasteiger partial charge in [-0.15, -0.1) is 0 Å². The predicted octanol–water partition coefficient (Wildman–Crippen LogP) is 2.58. The smallest absolute Gasteiger partial charge is 0.296 e. The second-order valence-electron chi connectivity index (χ2n) is 6.69. The van der Waals surface area contributed by atoms with Crippen LogP contribution in [0.15, 0.2) is 58.1 Å². The predicted molar refractivity (Wildman–Crippen MR) is 114 cm³/mol. The number of hydrogen-bond donors (Lipinski definition) is 0. The van der Waals surface area contributed by atoms with E-state index in [4.69, 9.17) is 4.74 Å². The van der Waals surface area contributed by atoms with Gasteiger partial charge in [0.25, 0.3) is 11.1 Å². The van der Waals surface area contributed by atoms with E-state index in [9.17, 15) is 14.0 Å². The quantitative estimate of drug-likeness (QED) is 0.477. The minimum atomic E-state index is -0.496. The van der Waals surface area contributed by atoms with Crippen molar-refractivity contribution in [2.75, 3.05) is 6.61 Å². The van der Waals surface area contributed by atoms with E-state index in [0.29, 0.717) is 16.7 Å². The van der Waals surface area contributed by atoms with Crippen molar-refractivity contribution in [3.05, 3.63) is 96.4 Å². The summed E-state index contributed by atoms with van der Waals surface area (Å²) in [6, 6.07) is 13.2. The molecule has 0 N–H and O–H groups in total. The highest BCUT2D eigenvalue weighted by Crippen LogP contribution is 2.13. The normalized spacial score (nSPS) is 11.9. The van der Waals surface area contributed by atoms with E-state index in [2.05, 4.69) is 10.1 Å². The summed E-state index contributed by atoms with van der Waals surface area (Å²) in [5.41, 5.74) is 0.844. The number of rotatable bonds is 6. The molecule has 0 fully saturated rings. The lowest BCUT2D eigenvalue weighted by Gasteiger charge is -2.03. The first kappa shape index (κ1) is 19.9. The number of aromatic nitrogens is 3. The Balaban J connectivity index is 1.68. The Hall–Kier alpha value is -3.39. The van der Waals surface area contributed by atoms with Crippen LogP contribution < -0.4 is 20.4 Å². The van der Waals surface area contributed by atoms with E-state index in [1.165, 1.54) is 12.1 Å². The molecule has 30 heavy (non-hydrogen) atoms. The standard InChI is InChI=1S/C22H18FN3O3S/c1-2-11-29-17-9-5-15(6-10-17)13-19-21(28)26-22(30-19)24-20(27)18(25-26)12-14-3-7-16(23)8-4-14/h3-10,13H,2,11-12H2,1H3/b19-13+. The lowest BCUT2D eigenvalue weighted by atomic mass is 10.1. The molecule has 0 radical (unpaired) electrons. The Kier molecular flexibility index (Phi) is 5.67. The molecule has 0 atom stereocenters. The monoisotopic (exact) mass is 423 g/mol. The number of thiazole rings is 1. The van der Waals surface area contributed by atoms with Gasteiger partial charge in [0.1, 0.15) is 17.3 Å². The van der Waals surface area contributed by atoms with E-state index >= 15 is 0 Å². The van der Waals surface area contributed by atoms with Crippen molar-refractivity contribution in [2.24, 2.45) is 0 Å². The van der Waals surface area contributed by atoms with Crippen molar-refractivity contribution in [1.82, 2.24) is 14.6 Å². The van der Waals surface area contributed by atoms with Crippen LogP contribution in [0.5, 0.6) is 5.75 Å². The van der Waals surface area contributed by atoms with Crippen LogP contribution in [-0.2, 0) is 6.42 Å². The van der Waals surface area contributed by atoms with Gasteiger partial charge in [-0.1, -0.05) is 42.5 Å². The van der Waals surface area contributed by atoms with Crippen molar-refractivity contribution in [1.29, 1.82) is 0 Å². The first-order valence-electron chi connectivity index (χ1n) is 9.45. The van der Waals surface area contributed by atoms with Crippen LogP contribution in [0, 0.1) is 5.82 Å². The SMILES string of the molecule is CCCOc1ccc(/C=c2/sc3nc(=O)c(Cc4ccc(F)cc4)nn3c2=O)cc1. The molecule has 2 aromatic carbocycles. The molecule has 0 aliphatic heterocycles. The van der Waals surface area contributed by atoms with Crippen molar-refractivity contribution in [3.8, 4) is 5.75 Å². The fourth-order valence-corrected chi connectivity index (χ4v) is 3.78. The topological polar surface area (TPSA) is 73.6 Å². The van der Waals surface area contributed by atoms with Crippen LogP contribution in [0.25, 0.3) is 11.0 Å². The summed E-state index contributed by atoms with van der Waals surface area (Å²) in [6.07, 6.45) is 2.83. The number of halogens is 1. The summed E-state index contributed by atoms with van der Waals surface area (Å²) in [5.74, 6) is 0.411.